The number of hydrogen-bond acceptors (Lipinski definition) is 7. The molecule has 2 aromatic carbocycles. The third kappa shape index (κ3) is 5.35. The zero-order valence-electron chi connectivity index (χ0n) is 22.5. The van der Waals surface area contributed by atoms with E-state index in [1.54, 1.807) is 12.1 Å². The first-order chi connectivity index (χ1) is 19.3. The van der Waals surface area contributed by atoms with Crippen molar-refractivity contribution in [3.8, 4) is 11.3 Å². The molecule has 5 rings (SSSR count). The molecule has 9 heteroatoms. The Bertz CT molecular complexity index is 1390. The summed E-state index contributed by atoms with van der Waals surface area (Å²) in [6, 6.07) is 11.7. The van der Waals surface area contributed by atoms with Gasteiger partial charge in [0.25, 0.3) is 0 Å². The minimum atomic E-state index is -1.37. The number of likely N-dealkylation sites (tertiary alicyclic amines) is 1. The largest absolute Gasteiger partial charge is 0.468 e. The minimum absolute atomic E-state index is 0.0540. The molecule has 1 saturated heterocycles. The van der Waals surface area contributed by atoms with Crippen molar-refractivity contribution in [3.05, 3.63) is 77.1 Å². The Labute approximate surface area is 231 Å². The van der Waals surface area contributed by atoms with Crippen LogP contribution in [0.2, 0.25) is 0 Å². The van der Waals surface area contributed by atoms with Crippen LogP contribution in [0.3, 0.4) is 0 Å². The lowest BCUT2D eigenvalue weighted by Gasteiger charge is -2.33. The number of carbonyl (C=O) groups is 3. The summed E-state index contributed by atoms with van der Waals surface area (Å²) in [4.78, 5) is 41.9. The van der Waals surface area contributed by atoms with E-state index in [2.05, 4.69) is 10.1 Å². The predicted octanol–water partition coefficient (Wildman–Crippen LogP) is 5.67. The Morgan fingerprint density at radius 1 is 1.07 bits per heavy atom. The summed E-state index contributed by atoms with van der Waals surface area (Å²) in [6.07, 6.45) is 3.72. The summed E-state index contributed by atoms with van der Waals surface area (Å²) in [6.45, 7) is 2.32. The van der Waals surface area contributed by atoms with Gasteiger partial charge in [0, 0.05) is 23.5 Å². The fourth-order valence-electron chi connectivity index (χ4n) is 6.01. The quantitative estimate of drug-likeness (QED) is 0.147. The molecule has 1 aliphatic carbocycles. The number of esters is 1. The zero-order valence-corrected chi connectivity index (χ0v) is 22.5. The van der Waals surface area contributed by atoms with Crippen molar-refractivity contribution in [1.29, 1.82) is 0 Å². The number of aryl methyl sites for hydroxylation is 1. The maximum Gasteiger partial charge on any atom is 0.319 e. The van der Waals surface area contributed by atoms with E-state index in [0.29, 0.717) is 30.6 Å². The van der Waals surface area contributed by atoms with Crippen LogP contribution < -0.4 is 0 Å². The number of methoxy groups -OCH3 is 1. The van der Waals surface area contributed by atoms with Gasteiger partial charge in [-0.25, -0.2) is 8.78 Å². The molecule has 40 heavy (non-hydrogen) atoms. The molecule has 1 aliphatic heterocycles. The minimum Gasteiger partial charge on any atom is -0.468 e. The van der Waals surface area contributed by atoms with Gasteiger partial charge in [0.1, 0.15) is 28.5 Å². The summed E-state index contributed by atoms with van der Waals surface area (Å²) in [5.41, 5.74) is -0.400. The first-order valence-electron chi connectivity index (χ1n) is 13.7. The molecule has 0 radical (unpaired) electrons. The summed E-state index contributed by atoms with van der Waals surface area (Å²) < 4.78 is 38.2. The van der Waals surface area contributed by atoms with E-state index in [4.69, 9.17) is 9.26 Å². The van der Waals surface area contributed by atoms with E-state index in [0.717, 1.165) is 38.9 Å². The molecule has 7 nitrogen and oxygen atoms in total. The van der Waals surface area contributed by atoms with Crippen molar-refractivity contribution in [2.24, 2.45) is 11.3 Å². The van der Waals surface area contributed by atoms with E-state index in [1.165, 1.54) is 43.5 Å². The summed E-state index contributed by atoms with van der Waals surface area (Å²) >= 11 is 0. The molecule has 0 saturated carbocycles. The predicted molar refractivity (Wildman–Crippen MR) is 143 cm³/mol. The smallest absolute Gasteiger partial charge is 0.319 e. The van der Waals surface area contributed by atoms with Gasteiger partial charge in [0.15, 0.2) is 11.6 Å². The Morgan fingerprint density at radius 3 is 2.50 bits per heavy atom. The monoisotopic (exact) mass is 550 g/mol. The fraction of sp³-hybridized carbons (Fsp3) is 0.419. The Hall–Kier alpha value is -3.72. The van der Waals surface area contributed by atoms with Crippen LogP contribution in [0, 0.1) is 23.0 Å². The second-order valence-electron chi connectivity index (χ2n) is 10.7. The standard InChI is InChI=1S/C31H32F2N2O5/c1-39-30(38)31(16-12-25-26(29(31)37)27(34-40-25)23-6-2-3-7-24(23)33)15-4-5-17-35-18-13-21(14-19-35)28(36)20-8-10-22(32)11-9-20/h2-3,6-11,21H,4-5,12-19H2,1H3. The van der Waals surface area contributed by atoms with Crippen molar-refractivity contribution < 1.29 is 32.4 Å². The number of aromatic nitrogens is 1. The van der Waals surface area contributed by atoms with Gasteiger partial charge in [-0.3, -0.25) is 14.4 Å². The number of rotatable bonds is 9. The van der Waals surface area contributed by atoms with E-state index < -0.39 is 23.0 Å². The molecule has 0 amide bonds. The molecule has 0 spiro atoms. The normalized spacial score (nSPS) is 19.8. The van der Waals surface area contributed by atoms with Crippen LogP contribution in [-0.2, 0) is 16.0 Å². The highest BCUT2D eigenvalue weighted by atomic mass is 19.1. The number of benzene rings is 2. The van der Waals surface area contributed by atoms with E-state index in [9.17, 15) is 23.2 Å². The van der Waals surface area contributed by atoms with Gasteiger partial charge in [-0.15, -0.1) is 0 Å². The molecule has 2 aliphatic rings. The Balaban J connectivity index is 1.20. The highest BCUT2D eigenvalue weighted by Crippen LogP contribution is 2.44. The lowest BCUT2D eigenvalue weighted by atomic mass is 9.68. The van der Waals surface area contributed by atoms with Crippen LogP contribution in [0.15, 0.2) is 53.1 Å². The van der Waals surface area contributed by atoms with E-state index in [1.807, 2.05) is 0 Å². The number of fused-ring (bicyclic) bond motifs is 1. The molecule has 210 valence electrons. The third-order valence-electron chi connectivity index (χ3n) is 8.32. The summed E-state index contributed by atoms with van der Waals surface area (Å²) in [5, 5.41) is 3.99. The molecule has 0 bridgehead atoms. The number of ether oxygens (including phenoxy) is 1. The van der Waals surface area contributed by atoms with Crippen molar-refractivity contribution >= 4 is 17.5 Å². The van der Waals surface area contributed by atoms with Gasteiger partial charge in [0.2, 0.25) is 0 Å². The molecule has 1 aromatic heterocycles. The second-order valence-corrected chi connectivity index (χ2v) is 10.7. The topological polar surface area (TPSA) is 89.7 Å². The number of Topliss-reactive ketones (excluding diaryl/α,β-unsaturated/α-hetero) is 2. The van der Waals surface area contributed by atoms with Gasteiger partial charge >= 0.3 is 5.97 Å². The van der Waals surface area contributed by atoms with Crippen molar-refractivity contribution in [3.63, 3.8) is 0 Å². The molecule has 1 atom stereocenters. The fourth-order valence-corrected chi connectivity index (χ4v) is 6.01. The maximum absolute atomic E-state index is 14.5. The van der Waals surface area contributed by atoms with Gasteiger partial charge in [0.05, 0.1) is 12.7 Å². The Kier molecular flexibility index (Phi) is 8.21. The molecule has 2 heterocycles. The molecule has 1 unspecified atom stereocenters. The number of piperidine rings is 1. The second kappa shape index (κ2) is 11.8. The maximum atomic E-state index is 14.5. The number of halogens is 2. The van der Waals surface area contributed by atoms with Crippen LogP contribution >= 0.6 is 0 Å². The van der Waals surface area contributed by atoms with Gasteiger partial charge in [-0.05, 0) is 88.1 Å². The lowest BCUT2D eigenvalue weighted by molar-refractivity contribution is -0.150. The van der Waals surface area contributed by atoms with Crippen LogP contribution in [-0.4, -0.2) is 54.3 Å². The molecule has 0 N–H and O–H groups in total. The van der Waals surface area contributed by atoms with Crippen molar-refractivity contribution in [1.82, 2.24) is 10.1 Å². The molecule has 1 fully saturated rings. The first-order valence-corrected chi connectivity index (χ1v) is 13.7. The molecular weight excluding hydrogens is 518 g/mol. The first kappa shape index (κ1) is 27.8. The van der Waals surface area contributed by atoms with Crippen LogP contribution in [0.4, 0.5) is 8.78 Å². The van der Waals surface area contributed by atoms with Crippen molar-refractivity contribution in [2.75, 3.05) is 26.7 Å². The average molecular weight is 551 g/mol. The van der Waals surface area contributed by atoms with E-state index in [-0.39, 0.29) is 40.8 Å². The van der Waals surface area contributed by atoms with Gasteiger partial charge in [-0.1, -0.05) is 23.7 Å². The number of hydrogen-bond donors (Lipinski definition) is 0. The highest BCUT2D eigenvalue weighted by Gasteiger charge is 2.52. The number of nitrogens with zero attached hydrogens (tertiary/aromatic N) is 2. The van der Waals surface area contributed by atoms with Crippen LogP contribution in [0.1, 0.15) is 65.0 Å². The Morgan fingerprint density at radius 2 is 1.80 bits per heavy atom. The number of unbranched alkanes of at least 4 members (excludes halogenated alkanes) is 1. The summed E-state index contributed by atoms with van der Waals surface area (Å²) in [5.74, 6) is -1.57. The molecular formula is C31H32F2N2O5. The zero-order chi connectivity index (χ0) is 28.3. The summed E-state index contributed by atoms with van der Waals surface area (Å²) in [7, 11) is 1.27. The lowest BCUT2D eigenvalue weighted by Crippen LogP contribution is -2.44. The highest BCUT2D eigenvalue weighted by molar-refractivity contribution is 6.16. The van der Waals surface area contributed by atoms with Crippen molar-refractivity contribution in [2.45, 2.75) is 44.9 Å². The average Bonchev–Trinajstić information content (AvgIpc) is 3.41. The molecule has 3 aromatic rings. The third-order valence-corrected chi connectivity index (χ3v) is 8.32. The number of carbonyl (C=O) groups excluding carboxylic acids is 3. The van der Waals surface area contributed by atoms with Crippen LogP contribution in [0.5, 0.6) is 0 Å². The van der Waals surface area contributed by atoms with Gasteiger partial charge in [-0.2, -0.15) is 0 Å². The number of ketones is 2. The van der Waals surface area contributed by atoms with Crippen LogP contribution in [0.25, 0.3) is 11.3 Å². The van der Waals surface area contributed by atoms with Gasteiger partial charge < -0.3 is 14.2 Å². The van der Waals surface area contributed by atoms with E-state index >= 15 is 0 Å². The SMILES string of the molecule is COC(=O)C1(CCCCN2CCC(C(=O)c3ccc(F)cc3)CC2)CCc2onc(-c3ccccc3F)c2C1=O.